The second kappa shape index (κ2) is 7.30. The van der Waals surface area contributed by atoms with Crippen molar-refractivity contribution < 1.29 is 31.9 Å². The van der Waals surface area contributed by atoms with Gasteiger partial charge in [0.25, 0.3) is 10.0 Å². The summed E-state index contributed by atoms with van der Waals surface area (Å²) in [6, 6.07) is 8.24. The molecule has 0 unspecified atom stereocenters. The molecule has 1 aromatic carbocycles. The Morgan fingerprint density at radius 1 is 1.00 bits per heavy atom. The van der Waals surface area contributed by atoms with Crippen molar-refractivity contribution in [2.24, 2.45) is 0 Å². The number of furan rings is 1. The number of carbonyl (C=O) groups excluding carboxylic acids is 2. The molecule has 1 saturated heterocycles. The van der Waals surface area contributed by atoms with Crippen LogP contribution < -0.4 is 4.74 Å². The molecule has 1 aromatic heterocycles. The van der Waals surface area contributed by atoms with Gasteiger partial charge in [0, 0.05) is 13.1 Å². The van der Waals surface area contributed by atoms with E-state index >= 15 is 0 Å². The zero-order chi connectivity index (χ0) is 18.7. The molecule has 0 amide bonds. The molecule has 8 nitrogen and oxygen atoms in total. The van der Waals surface area contributed by atoms with Gasteiger partial charge in [-0.25, -0.2) is 18.0 Å². The van der Waals surface area contributed by atoms with Crippen molar-refractivity contribution >= 4 is 22.0 Å². The van der Waals surface area contributed by atoms with Crippen LogP contribution in [0.15, 0.2) is 45.9 Å². The van der Waals surface area contributed by atoms with Crippen molar-refractivity contribution in [3.8, 4) is 5.75 Å². The lowest BCUT2D eigenvalue weighted by atomic mass is 10.2. The molecule has 138 valence electrons. The summed E-state index contributed by atoms with van der Waals surface area (Å²) in [5.74, 6) is -1.38. The van der Waals surface area contributed by atoms with Gasteiger partial charge in [0.05, 0.1) is 12.7 Å². The molecular formula is C17H17NO7S. The van der Waals surface area contributed by atoms with Crippen LogP contribution in [0.2, 0.25) is 0 Å². The van der Waals surface area contributed by atoms with Gasteiger partial charge in [-0.1, -0.05) is 0 Å². The molecule has 1 fully saturated rings. The van der Waals surface area contributed by atoms with Gasteiger partial charge < -0.3 is 13.9 Å². The first-order chi connectivity index (χ1) is 12.4. The first kappa shape index (κ1) is 18.2. The number of benzene rings is 1. The third-order valence-corrected chi connectivity index (χ3v) is 5.70. The fourth-order valence-electron chi connectivity index (χ4n) is 2.56. The average molecular weight is 379 g/mol. The molecule has 0 atom stereocenters. The van der Waals surface area contributed by atoms with E-state index in [0.717, 1.165) is 12.8 Å². The summed E-state index contributed by atoms with van der Waals surface area (Å²) in [5, 5.41) is -0.285. The highest BCUT2D eigenvalue weighted by atomic mass is 32.2. The molecular weight excluding hydrogens is 362 g/mol. The Kier molecular flexibility index (Phi) is 5.10. The Morgan fingerprint density at radius 3 is 2.27 bits per heavy atom. The minimum absolute atomic E-state index is 0.183. The number of esters is 2. The minimum Gasteiger partial charge on any atom is -0.465 e. The number of nitrogens with zero attached hydrogens (tertiary/aromatic N) is 1. The molecule has 0 aliphatic carbocycles. The maximum Gasteiger partial charge on any atom is 0.379 e. The highest BCUT2D eigenvalue weighted by Gasteiger charge is 2.31. The number of hydrogen-bond donors (Lipinski definition) is 0. The molecule has 3 rings (SSSR count). The van der Waals surface area contributed by atoms with Crippen molar-refractivity contribution in [1.82, 2.24) is 4.31 Å². The van der Waals surface area contributed by atoms with Crippen LogP contribution in [0.25, 0.3) is 0 Å². The van der Waals surface area contributed by atoms with E-state index in [4.69, 9.17) is 9.15 Å². The molecule has 26 heavy (non-hydrogen) atoms. The number of rotatable bonds is 5. The summed E-state index contributed by atoms with van der Waals surface area (Å²) in [4.78, 5) is 23.5. The SMILES string of the molecule is COC(=O)c1ccc(OC(=O)c2ccc(S(=O)(=O)N3CCCC3)o2)cc1. The van der Waals surface area contributed by atoms with Crippen LogP contribution in [0, 0.1) is 0 Å². The van der Waals surface area contributed by atoms with Gasteiger partial charge in [-0.15, -0.1) is 0 Å². The molecule has 0 saturated carbocycles. The van der Waals surface area contributed by atoms with Gasteiger partial charge in [-0.2, -0.15) is 4.31 Å². The number of hydrogen-bond acceptors (Lipinski definition) is 7. The van der Waals surface area contributed by atoms with Crippen molar-refractivity contribution in [3.63, 3.8) is 0 Å². The Hall–Kier alpha value is -2.65. The van der Waals surface area contributed by atoms with Crippen LogP contribution in [0.3, 0.4) is 0 Å². The summed E-state index contributed by atoms with van der Waals surface area (Å²) in [7, 11) is -2.47. The number of methoxy groups -OCH3 is 1. The summed E-state index contributed by atoms with van der Waals surface area (Å²) in [6.45, 7) is 0.880. The highest BCUT2D eigenvalue weighted by molar-refractivity contribution is 7.89. The van der Waals surface area contributed by atoms with Gasteiger partial charge in [0.15, 0.2) is 0 Å². The van der Waals surface area contributed by atoms with Gasteiger partial charge in [0.1, 0.15) is 5.75 Å². The number of ether oxygens (including phenoxy) is 2. The van der Waals surface area contributed by atoms with Crippen LogP contribution in [-0.4, -0.2) is 44.9 Å². The molecule has 0 radical (unpaired) electrons. The van der Waals surface area contributed by atoms with Crippen LogP contribution in [0.4, 0.5) is 0 Å². The van der Waals surface area contributed by atoms with E-state index in [-0.39, 0.29) is 16.6 Å². The second-order valence-corrected chi connectivity index (χ2v) is 7.50. The third kappa shape index (κ3) is 3.63. The highest BCUT2D eigenvalue weighted by Crippen LogP contribution is 2.23. The molecule has 1 aliphatic heterocycles. The van der Waals surface area contributed by atoms with Crippen LogP contribution in [0.5, 0.6) is 5.75 Å². The summed E-state index contributed by atoms with van der Waals surface area (Å²) < 4.78 is 41.0. The van der Waals surface area contributed by atoms with Gasteiger partial charge >= 0.3 is 11.9 Å². The molecule has 2 heterocycles. The summed E-state index contributed by atoms with van der Waals surface area (Å²) in [5.41, 5.74) is 0.310. The fourth-order valence-corrected chi connectivity index (χ4v) is 3.99. The Bertz CT molecular complexity index is 909. The van der Waals surface area contributed by atoms with E-state index in [1.54, 1.807) is 0 Å². The van der Waals surface area contributed by atoms with Gasteiger partial charge in [-0.05, 0) is 49.2 Å². The third-order valence-electron chi connectivity index (χ3n) is 3.93. The molecule has 1 aliphatic rings. The van der Waals surface area contributed by atoms with Gasteiger partial charge in [0.2, 0.25) is 10.9 Å². The maximum atomic E-state index is 12.4. The van der Waals surface area contributed by atoms with E-state index in [9.17, 15) is 18.0 Å². The molecule has 9 heteroatoms. The van der Waals surface area contributed by atoms with Crippen LogP contribution in [-0.2, 0) is 14.8 Å². The fraction of sp³-hybridized carbons (Fsp3) is 0.294. The predicted molar refractivity (Wildman–Crippen MR) is 89.4 cm³/mol. The molecule has 2 aromatic rings. The first-order valence-corrected chi connectivity index (χ1v) is 9.36. The summed E-state index contributed by atoms with van der Waals surface area (Å²) >= 11 is 0. The quantitative estimate of drug-likeness (QED) is 0.579. The van der Waals surface area contributed by atoms with E-state index < -0.39 is 22.0 Å². The Balaban J connectivity index is 1.71. The zero-order valence-electron chi connectivity index (χ0n) is 14.0. The van der Waals surface area contributed by atoms with E-state index in [1.165, 1.54) is 47.8 Å². The Labute approximate surface area is 150 Å². The lowest BCUT2D eigenvalue weighted by Gasteiger charge is -2.12. The predicted octanol–water partition coefficient (Wildman–Crippen LogP) is 2.07. The van der Waals surface area contributed by atoms with E-state index in [1.807, 2.05) is 0 Å². The average Bonchev–Trinajstić information content (AvgIpc) is 3.33. The van der Waals surface area contributed by atoms with E-state index in [2.05, 4.69) is 4.74 Å². The van der Waals surface area contributed by atoms with Crippen molar-refractivity contribution in [3.05, 3.63) is 47.7 Å². The second-order valence-electron chi connectivity index (χ2n) is 5.64. The topological polar surface area (TPSA) is 103 Å². The van der Waals surface area contributed by atoms with Gasteiger partial charge in [-0.3, -0.25) is 0 Å². The number of carbonyl (C=O) groups is 2. The number of sulfonamides is 1. The molecule has 0 N–H and O–H groups in total. The first-order valence-electron chi connectivity index (χ1n) is 7.92. The zero-order valence-corrected chi connectivity index (χ0v) is 14.8. The van der Waals surface area contributed by atoms with Crippen molar-refractivity contribution in [2.45, 2.75) is 17.9 Å². The van der Waals surface area contributed by atoms with Crippen LogP contribution >= 0.6 is 0 Å². The molecule has 0 spiro atoms. The standard InChI is InChI=1S/C17H17NO7S/c1-23-16(19)12-4-6-13(7-5-12)24-17(20)14-8-9-15(25-14)26(21,22)18-10-2-3-11-18/h4-9H,2-3,10-11H2,1H3. The van der Waals surface area contributed by atoms with Crippen LogP contribution in [0.1, 0.15) is 33.8 Å². The minimum atomic E-state index is -3.73. The van der Waals surface area contributed by atoms with E-state index in [0.29, 0.717) is 18.7 Å². The smallest absolute Gasteiger partial charge is 0.379 e. The van der Waals surface area contributed by atoms with Crippen molar-refractivity contribution in [2.75, 3.05) is 20.2 Å². The lowest BCUT2D eigenvalue weighted by Crippen LogP contribution is -2.27. The largest absolute Gasteiger partial charge is 0.465 e. The lowest BCUT2D eigenvalue weighted by molar-refractivity contribution is 0.0600. The normalized spacial score (nSPS) is 15.0. The summed E-state index contributed by atoms with van der Waals surface area (Å²) in [6.07, 6.45) is 1.60. The Morgan fingerprint density at radius 2 is 1.65 bits per heavy atom. The molecule has 0 bridgehead atoms. The van der Waals surface area contributed by atoms with Crippen molar-refractivity contribution in [1.29, 1.82) is 0 Å². The maximum absolute atomic E-state index is 12.4. The monoisotopic (exact) mass is 379 g/mol.